The third-order valence-corrected chi connectivity index (χ3v) is 5.98. The molecule has 2 aromatic rings. The fraction of sp³-hybridized carbons (Fsp3) is 0.440. The summed E-state index contributed by atoms with van der Waals surface area (Å²) in [6.45, 7) is 6.16. The number of aliphatic hydroxyl groups excluding tert-OH is 1. The lowest BCUT2D eigenvalue weighted by atomic mass is 9.89. The largest absolute Gasteiger partial charge is 0.507 e. The van der Waals surface area contributed by atoms with E-state index in [0.717, 1.165) is 19.3 Å². The third kappa shape index (κ3) is 4.17. The van der Waals surface area contributed by atoms with Crippen molar-refractivity contribution in [1.82, 2.24) is 4.90 Å². The molecule has 1 aromatic carbocycles. The molecule has 1 aromatic heterocycles. The Kier molecular flexibility index (Phi) is 6.01. The number of Topliss-reactive ketones (excluding diaryl/α,β-unsaturated/α-hetero) is 1. The van der Waals surface area contributed by atoms with E-state index >= 15 is 0 Å². The van der Waals surface area contributed by atoms with Crippen LogP contribution in [0.15, 0.2) is 40.3 Å². The number of aryl methyl sites for hydroxylation is 3. The van der Waals surface area contributed by atoms with Gasteiger partial charge in [0.2, 0.25) is 0 Å². The first-order valence-electron chi connectivity index (χ1n) is 11.0. The van der Waals surface area contributed by atoms with Gasteiger partial charge in [-0.3, -0.25) is 9.59 Å². The van der Waals surface area contributed by atoms with E-state index in [0.29, 0.717) is 23.7 Å². The molecule has 1 saturated heterocycles. The predicted octanol–water partition coefficient (Wildman–Crippen LogP) is 4.31. The Morgan fingerprint density at radius 2 is 1.90 bits per heavy atom. The molecule has 1 unspecified atom stereocenters. The van der Waals surface area contributed by atoms with Crippen LogP contribution in [0.4, 0.5) is 0 Å². The molecule has 31 heavy (non-hydrogen) atoms. The van der Waals surface area contributed by atoms with E-state index in [-0.39, 0.29) is 24.0 Å². The number of carbonyl (C=O) groups excluding carboxylic acids is 2. The van der Waals surface area contributed by atoms with Crippen molar-refractivity contribution >= 4 is 17.4 Å². The molecule has 6 nitrogen and oxygen atoms in total. The number of aliphatic hydroxyl groups is 1. The van der Waals surface area contributed by atoms with Crippen molar-refractivity contribution < 1.29 is 23.8 Å². The van der Waals surface area contributed by atoms with Crippen molar-refractivity contribution in [3.63, 3.8) is 0 Å². The highest BCUT2D eigenvalue weighted by molar-refractivity contribution is 6.46. The molecule has 1 amide bonds. The molecule has 2 aliphatic rings. The van der Waals surface area contributed by atoms with E-state index in [1.807, 2.05) is 32.0 Å². The average molecular weight is 424 g/mol. The molecule has 164 valence electrons. The molecule has 1 fully saturated rings. The van der Waals surface area contributed by atoms with Gasteiger partial charge in [0.25, 0.3) is 11.7 Å². The van der Waals surface area contributed by atoms with Crippen molar-refractivity contribution in [3.05, 3.63) is 64.1 Å². The van der Waals surface area contributed by atoms with E-state index in [1.165, 1.54) is 22.4 Å². The van der Waals surface area contributed by atoms with E-state index in [2.05, 4.69) is 0 Å². The quantitative estimate of drug-likeness (QED) is 0.425. The Balaban J connectivity index is 1.76. The van der Waals surface area contributed by atoms with Crippen molar-refractivity contribution in [2.75, 3.05) is 13.2 Å². The van der Waals surface area contributed by atoms with E-state index in [4.69, 9.17) is 9.15 Å². The Bertz CT molecular complexity index is 1030. The van der Waals surface area contributed by atoms with Crippen molar-refractivity contribution in [3.8, 4) is 0 Å². The number of ketones is 1. The number of rotatable bonds is 6. The molecule has 4 rings (SSSR count). The van der Waals surface area contributed by atoms with Gasteiger partial charge in [-0.25, -0.2) is 0 Å². The van der Waals surface area contributed by atoms with Gasteiger partial charge in [0, 0.05) is 12.1 Å². The van der Waals surface area contributed by atoms with Gasteiger partial charge in [0.1, 0.15) is 23.3 Å². The maximum atomic E-state index is 13.0. The second kappa shape index (κ2) is 8.71. The summed E-state index contributed by atoms with van der Waals surface area (Å²) >= 11 is 0. The van der Waals surface area contributed by atoms with Crippen LogP contribution in [-0.4, -0.2) is 41.0 Å². The number of amides is 1. The normalized spacial score (nSPS) is 20.5. The fourth-order valence-corrected chi connectivity index (χ4v) is 4.43. The molecule has 1 N–H and O–H groups in total. The summed E-state index contributed by atoms with van der Waals surface area (Å²) in [5.41, 5.74) is 3.11. The summed E-state index contributed by atoms with van der Waals surface area (Å²) in [6.07, 6.45) is 4.28. The first-order valence-corrected chi connectivity index (χ1v) is 11.0. The molecule has 0 radical (unpaired) electrons. The lowest BCUT2D eigenvalue weighted by Gasteiger charge is -2.24. The Morgan fingerprint density at radius 3 is 2.58 bits per heavy atom. The number of fused-ring (bicyclic) bond motifs is 1. The number of nitrogens with zero attached hydrogens (tertiary/aromatic N) is 1. The summed E-state index contributed by atoms with van der Waals surface area (Å²) in [4.78, 5) is 27.3. The van der Waals surface area contributed by atoms with Gasteiger partial charge >= 0.3 is 0 Å². The molecule has 6 heteroatoms. The van der Waals surface area contributed by atoms with E-state index < -0.39 is 17.7 Å². The summed E-state index contributed by atoms with van der Waals surface area (Å²) in [5, 5.41) is 11.2. The molecule has 0 saturated carbocycles. The molecule has 2 heterocycles. The number of benzene rings is 1. The Labute approximate surface area is 182 Å². The highest BCUT2D eigenvalue weighted by Crippen LogP contribution is 2.40. The second-order valence-electron chi connectivity index (χ2n) is 8.55. The van der Waals surface area contributed by atoms with Crippen LogP contribution in [-0.2, 0) is 27.2 Å². The predicted molar refractivity (Wildman–Crippen MR) is 117 cm³/mol. The maximum Gasteiger partial charge on any atom is 0.295 e. The molecular weight excluding hydrogens is 394 g/mol. The van der Waals surface area contributed by atoms with Crippen LogP contribution in [0.5, 0.6) is 0 Å². The molecule has 0 spiro atoms. The lowest BCUT2D eigenvalue weighted by molar-refractivity contribution is -0.140. The molecule has 1 aliphatic carbocycles. The van der Waals surface area contributed by atoms with Crippen LogP contribution in [0.1, 0.15) is 60.9 Å². The van der Waals surface area contributed by atoms with Gasteiger partial charge in [0.05, 0.1) is 18.3 Å². The van der Waals surface area contributed by atoms with Gasteiger partial charge in [-0.15, -0.1) is 0 Å². The Hall–Kier alpha value is -2.86. The minimum absolute atomic E-state index is 0.0108. The van der Waals surface area contributed by atoms with Crippen molar-refractivity contribution in [1.29, 1.82) is 0 Å². The summed E-state index contributed by atoms with van der Waals surface area (Å²) < 4.78 is 11.4. The minimum atomic E-state index is -0.777. The van der Waals surface area contributed by atoms with Crippen molar-refractivity contribution in [2.45, 2.75) is 58.6 Å². The summed E-state index contributed by atoms with van der Waals surface area (Å²) in [6, 6.07) is 8.56. The highest BCUT2D eigenvalue weighted by atomic mass is 16.5. The number of furan rings is 1. The first-order chi connectivity index (χ1) is 14.9. The minimum Gasteiger partial charge on any atom is -0.507 e. The van der Waals surface area contributed by atoms with Crippen LogP contribution < -0.4 is 0 Å². The molecule has 0 bridgehead atoms. The number of hydrogen-bond acceptors (Lipinski definition) is 5. The smallest absolute Gasteiger partial charge is 0.295 e. The summed E-state index contributed by atoms with van der Waals surface area (Å²) in [7, 11) is 0. The van der Waals surface area contributed by atoms with E-state index in [9.17, 15) is 14.7 Å². The van der Waals surface area contributed by atoms with Gasteiger partial charge < -0.3 is 19.2 Å². The fourth-order valence-electron chi connectivity index (χ4n) is 4.43. The van der Waals surface area contributed by atoms with Gasteiger partial charge in [-0.2, -0.15) is 0 Å². The zero-order valence-electron chi connectivity index (χ0n) is 18.3. The zero-order chi connectivity index (χ0) is 22.1. The number of hydrogen-bond donors (Lipinski definition) is 1. The molecule has 1 aliphatic heterocycles. The van der Waals surface area contributed by atoms with Crippen molar-refractivity contribution in [2.24, 2.45) is 0 Å². The standard InChI is InChI=1S/C25H29NO5/c1-15(2)30-13-12-26-22(20-11-8-16(3)31-20)21(24(28)25(26)29)23(27)19-10-9-17-6-4-5-7-18(17)14-19/h8-11,14-15,22,27H,4-7,12-13H2,1-3H3/b23-21-. The van der Waals surface area contributed by atoms with Gasteiger partial charge in [-0.1, -0.05) is 12.1 Å². The van der Waals surface area contributed by atoms with Crippen LogP contribution in [0.25, 0.3) is 5.76 Å². The van der Waals surface area contributed by atoms with E-state index in [1.54, 1.807) is 19.1 Å². The average Bonchev–Trinajstić information content (AvgIpc) is 3.28. The number of ether oxygens (including phenoxy) is 1. The summed E-state index contributed by atoms with van der Waals surface area (Å²) in [5.74, 6) is -0.364. The molecule has 1 atom stereocenters. The van der Waals surface area contributed by atoms with Gasteiger partial charge in [0.15, 0.2) is 0 Å². The molecular formula is C25H29NO5. The Morgan fingerprint density at radius 1 is 1.16 bits per heavy atom. The lowest BCUT2D eigenvalue weighted by Crippen LogP contribution is -2.33. The highest BCUT2D eigenvalue weighted by Gasteiger charge is 2.47. The van der Waals surface area contributed by atoms with Crippen LogP contribution in [0.2, 0.25) is 0 Å². The first kappa shape index (κ1) is 21.4. The second-order valence-corrected chi connectivity index (χ2v) is 8.55. The SMILES string of the molecule is Cc1ccc(C2/C(=C(/O)c3ccc4c(c3)CCCC4)C(=O)C(=O)N2CCOC(C)C)o1. The monoisotopic (exact) mass is 423 g/mol. The van der Waals surface area contributed by atoms with Crippen LogP contribution in [0, 0.1) is 6.92 Å². The zero-order valence-corrected chi connectivity index (χ0v) is 18.3. The third-order valence-electron chi connectivity index (χ3n) is 5.98. The number of likely N-dealkylation sites (tertiary alicyclic amines) is 1. The maximum absolute atomic E-state index is 13.0. The van der Waals surface area contributed by atoms with Gasteiger partial charge in [-0.05, 0) is 75.8 Å². The van der Waals surface area contributed by atoms with Crippen LogP contribution in [0.3, 0.4) is 0 Å². The number of carbonyl (C=O) groups is 2. The topological polar surface area (TPSA) is 80.0 Å². The van der Waals surface area contributed by atoms with Crippen LogP contribution >= 0.6 is 0 Å².